The predicted molar refractivity (Wildman–Crippen MR) is 91.2 cm³/mol. The summed E-state index contributed by atoms with van der Waals surface area (Å²) in [4.78, 5) is 2.33. The summed E-state index contributed by atoms with van der Waals surface area (Å²) in [5.41, 5.74) is 3.92. The first-order valence-electron chi connectivity index (χ1n) is 7.16. The lowest BCUT2D eigenvalue weighted by Gasteiger charge is -2.22. The molecule has 4 nitrogen and oxygen atoms in total. The van der Waals surface area contributed by atoms with Crippen LogP contribution >= 0.6 is 12.6 Å². The van der Waals surface area contributed by atoms with Gasteiger partial charge in [-0.3, -0.25) is 0 Å². The molecular formula is C17H19N3OS. The van der Waals surface area contributed by atoms with Crippen molar-refractivity contribution in [2.45, 2.75) is 38.0 Å². The van der Waals surface area contributed by atoms with Crippen molar-refractivity contribution in [3.05, 3.63) is 41.5 Å². The highest BCUT2D eigenvalue weighted by molar-refractivity contribution is 7.80. The summed E-state index contributed by atoms with van der Waals surface area (Å²) in [5, 5.41) is 19.6. The average Bonchev–Trinajstić information content (AvgIpc) is 2.82. The Labute approximate surface area is 135 Å². The third kappa shape index (κ3) is 2.57. The van der Waals surface area contributed by atoms with Crippen molar-refractivity contribution in [3.8, 4) is 11.4 Å². The summed E-state index contributed by atoms with van der Waals surface area (Å²) < 4.78 is 0. The monoisotopic (exact) mass is 313 g/mol. The largest absolute Gasteiger partial charge is 0.505 e. The van der Waals surface area contributed by atoms with Crippen molar-refractivity contribution in [2.75, 3.05) is 0 Å². The van der Waals surface area contributed by atoms with E-state index in [-0.39, 0.29) is 11.2 Å². The van der Waals surface area contributed by atoms with Gasteiger partial charge >= 0.3 is 0 Å². The van der Waals surface area contributed by atoms with Gasteiger partial charge in [0.05, 0.1) is 0 Å². The molecule has 0 bridgehead atoms. The molecule has 22 heavy (non-hydrogen) atoms. The van der Waals surface area contributed by atoms with Gasteiger partial charge in [0.15, 0.2) is 0 Å². The molecular weight excluding hydrogens is 294 g/mol. The van der Waals surface area contributed by atoms with Gasteiger partial charge in [-0.2, -0.15) is 0 Å². The Morgan fingerprint density at radius 3 is 2.41 bits per heavy atom. The fraction of sp³-hybridized carbons (Fsp3) is 0.294. The summed E-state index contributed by atoms with van der Waals surface area (Å²) in [6.45, 7) is 8.23. The number of thiol groups is 1. The summed E-state index contributed by atoms with van der Waals surface area (Å²) in [7, 11) is 0. The molecule has 1 aromatic heterocycles. The molecule has 2 aromatic carbocycles. The second kappa shape index (κ2) is 5.02. The average molecular weight is 313 g/mol. The number of nitrogens with zero attached hydrogens (tertiary/aromatic N) is 3. The van der Waals surface area contributed by atoms with E-state index in [0.29, 0.717) is 5.69 Å². The molecule has 0 saturated heterocycles. The van der Waals surface area contributed by atoms with Crippen molar-refractivity contribution in [1.29, 1.82) is 0 Å². The van der Waals surface area contributed by atoms with E-state index in [0.717, 1.165) is 27.1 Å². The molecule has 0 fully saturated rings. The molecule has 0 aliphatic rings. The van der Waals surface area contributed by atoms with Crippen LogP contribution in [0.4, 0.5) is 0 Å². The van der Waals surface area contributed by atoms with Gasteiger partial charge in [0, 0.05) is 10.5 Å². The summed E-state index contributed by atoms with van der Waals surface area (Å²) in [6, 6.07) is 9.51. The van der Waals surface area contributed by atoms with Gasteiger partial charge in [-0.1, -0.05) is 26.8 Å². The third-order valence-electron chi connectivity index (χ3n) is 3.62. The molecule has 0 amide bonds. The molecule has 1 N–H and O–H groups in total. The van der Waals surface area contributed by atoms with Crippen molar-refractivity contribution >= 4 is 23.7 Å². The minimum absolute atomic E-state index is 0.157. The number of phenolic OH excluding ortho intramolecular Hbond substituents is 1. The Morgan fingerprint density at radius 2 is 1.73 bits per heavy atom. The zero-order valence-electron chi connectivity index (χ0n) is 13.1. The van der Waals surface area contributed by atoms with Crippen LogP contribution in [0.25, 0.3) is 16.7 Å². The fourth-order valence-corrected chi connectivity index (χ4v) is 2.69. The normalized spacial score (nSPS) is 12.0. The molecule has 0 unspecified atom stereocenters. The van der Waals surface area contributed by atoms with Crippen molar-refractivity contribution in [1.82, 2.24) is 15.0 Å². The van der Waals surface area contributed by atoms with E-state index in [2.05, 4.69) is 43.6 Å². The van der Waals surface area contributed by atoms with E-state index in [4.69, 9.17) is 0 Å². The minimum atomic E-state index is -0.157. The highest BCUT2D eigenvalue weighted by Crippen LogP contribution is 2.36. The number of fused-ring (bicyclic) bond motifs is 1. The molecule has 0 radical (unpaired) electrons. The number of benzene rings is 2. The quantitative estimate of drug-likeness (QED) is 0.667. The molecule has 0 aliphatic carbocycles. The van der Waals surface area contributed by atoms with Gasteiger partial charge < -0.3 is 5.11 Å². The Bertz CT molecular complexity index is 862. The Hall–Kier alpha value is -2.01. The van der Waals surface area contributed by atoms with Gasteiger partial charge in [0.2, 0.25) is 0 Å². The Kier molecular flexibility index (Phi) is 3.40. The maximum Gasteiger partial charge on any atom is 0.146 e. The standard InChI is InChI=1S/C17H19N3OS/c1-10-7-12(17(2,3)4)16(21)15(8-10)20-18-13-6-5-11(22)9-14(13)19-20/h5-9,21-22H,1-4H3. The van der Waals surface area contributed by atoms with E-state index in [9.17, 15) is 5.11 Å². The van der Waals surface area contributed by atoms with Crippen LogP contribution in [0.15, 0.2) is 35.2 Å². The molecule has 0 spiro atoms. The summed E-state index contributed by atoms with van der Waals surface area (Å²) in [5.74, 6) is 0.226. The predicted octanol–water partition coefficient (Wildman–Crippen LogP) is 4.02. The molecule has 3 aromatic rings. The van der Waals surface area contributed by atoms with E-state index < -0.39 is 0 Å². The number of rotatable bonds is 1. The van der Waals surface area contributed by atoms with Crippen LogP contribution in [-0.2, 0) is 5.41 Å². The molecule has 0 atom stereocenters. The molecule has 0 saturated carbocycles. The van der Waals surface area contributed by atoms with Gasteiger partial charge in [0.1, 0.15) is 22.5 Å². The molecule has 5 heteroatoms. The molecule has 3 rings (SSSR count). The maximum absolute atomic E-state index is 10.7. The summed E-state index contributed by atoms with van der Waals surface area (Å²) >= 11 is 4.32. The Morgan fingerprint density at radius 1 is 1.05 bits per heavy atom. The fourth-order valence-electron chi connectivity index (χ4n) is 2.49. The van der Waals surface area contributed by atoms with Gasteiger partial charge in [-0.15, -0.1) is 27.6 Å². The highest BCUT2D eigenvalue weighted by Gasteiger charge is 2.22. The van der Waals surface area contributed by atoms with Crippen LogP contribution in [-0.4, -0.2) is 20.1 Å². The van der Waals surface area contributed by atoms with Crippen LogP contribution in [0.2, 0.25) is 0 Å². The number of phenols is 1. The minimum Gasteiger partial charge on any atom is -0.505 e. The Balaban J connectivity index is 2.24. The first-order chi connectivity index (χ1) is 10.3. The van der Waals surface area contributed by atoms with Crippen molar-refractivity contribution in [2.24, 2.45) is 0 Å². The van der Waals surface area contributed by atoms with Gasteiger partial charge in [-0.25, -0.2) is 0 Å². The molecule has 1 heterocycles. The summed E-state index contributed by atoms with van der Waals surface area (Å²) in [6.07, 6.45) is 0. The lowest BCUT2D eigenvalue weighted by atomic mass is 9.85. The van der Waals surface area contributed by atoms with Crippen LogP contribution in [0.3, 0.4) is 0 Å². The maximum atomic E-state index is 10.7. The van der Waals surface area contributed by atoms with Crippen LogP contribution in [0.5, 0.6) is 5.75 Å². The van der Waals surface area contributed by atoms with Crippen molar-refractivity contribution in [3.63, 3.8) is 0 Å². The SMILES string of the molecule is Cc1cc(-n2nc3ccc(S)cc3n2)c(O)c(C(C)(C)C)c1. The highest BCUT2D eigenvalue weighted by atomic mass is 32.1. The topological polar surface area (TPSA) is 50.9 Å². The molecule has 0 aliphatic heterocycles. The lowest BCUT2D eigenvalue weighted by Crippen LogP contribution is -2.13. The van der Waals surface area contributed by atoms with E-state index in [1.165, 1.54) is 4.80 Å². The van der Waals surface area contributed by atoms with Crippen LogP contribution in [0.1, 0.15) is 31.9 Å². The van der Waals surface area contributed by atoms with Gasteiger partial charge in [0.25, 0.3) is 0 Å². The number of hydrogen-bond acceptors (Lipinski definition) is 4. The van der Waals surface area contributed by atoms with E-state index >= 15 is 0 Å². The second-order valence-electron chi connectivity index (χ2n) is 6.59. The molecule has 114 valence electrons. The second-order valence-corrected chi connectivity index (χ2v) is 7.11. The zero-order chi connectivity index (χ0) is 16.1. The van der Waals surface area contributed by atoms with Crippen LogP contribution < -0.4 is 0 Å². The van der Waals surface area contributed by atoms with Gasteiger partial charge in [-0.05, 0) is 42.2 Å². The van der Waals surface area contributed by atoms with Crippen molar-refractivity contribution < 1.29 is 5.11 Å². The number of aromatic nitrogens is 3. The smallest absolute Gasteiger partial charge is 0.146 e. The third-order valence-corrected chi connectivity index (χ3v) is 3.90. The number of hydrogen-bond donors (Lipinski definition) is 2. The van der Waals surface area contributed by atoms with E-state index in [1.54, 1.807) is 0 Å². The number of aromatic hydroxyl groups is 1. The lowest BCUT2D eigenvalue weighted by molar-refractivity contribution is 0.440. The first kappa shape index (κ1) is 14.9. The number of aryl methyl sites for hydroxylation is 1. The first-order valence-corrected chi connectivity index (χ1v) is 7.61. The van der Waals surface area contributed by atoms with Crippen LogP contribution in [0, 0.1) is 6.92 Å². The van der Waals surface area contributed by atoms with E-state index in [1.807, 2.05) is 37.3 Å². The zero-order valence-corrected chi connectivity index (χ0v) is 14.0.